The van der Waals surface area contributed by atoms with Crippen LogP contribution in [0.2, 0.25) is 5.02 Å². The van der Waals surface area contributed by atoms with E-state index in [1.54, 1.807) is 22.9 Å². The molecule has 0 amide bonds. The molecule has 1 aliphatic rings. The van der Waals surface area contributed by atoms with Crippen molar-refractivity contribution in [1.29, 1.82) is 0 Å². The van der Waals surface area contributed by atoms with Gasteiger partial charge in [0.05, 0.1) is 0 Å². The highest BCUT2D eigenvalue weighted by molar-refractivity contribution is 6.30. The zero-order chi connectivity index (χ0) is 15.5. The van der Waals surface area contributed by atoms with Crippen molar-refractivity contribution in [3.05, 3.63) is 34.6 Å². The van der Waals surface area contributed by atoms with Crippen molar-refractivity contribution in [1.82, 2.24) is 20.2 Å². The number of fused-ring (bicyclic) bond motifs is 1. The Bertz CT molecular complexity index is 688. The summed E-state index contributed by atoms with van der Waals surface area (Å²) in [5.41, 5.74) is 0.908. The van der Waals surface area contributed by atoms with Crippen LogP contribution in [0, 0.1) is 0 Å². The van der Waals surface area contributed by atoms with Gasteiger partial charge < -0.3 is 9.47 Å². The van der Waals surface area contributed by atoms with Crippen LogP contribution in [-0.2, 0) is 29.1 Å². The number of hydrogen-bond acceptors (Lipinski definition) is 6. The Hall–Kier alpha value is -2.15. The Morgan fingerprint density at radius 1 is 1.55 bits per heavy atom. The van der Waals surface area contributed by atoms with Gasteiger partial charge in [-0.1, -0.05) is 18.5 Å². The first kappa shape index (κ1) is 14.8. The number of carbonyl (C=O) groups is 1. The minimum absolute atomic E-state index is 0.0306. The van der Waals surface area contributed by atoms with Crippen LogP contribution < -0.4 is 4.74 Å². The van der Waals surface area contributed by atoms with Gasteiger partial charge in [-0.15, -0.1) is 5.10 Å². The summed E-state index contributed by atoms with van der Waals surface area (Å²) in [6, 6.07) is 5.28. The van der Waals surface area contributed by atoms with Gasteiger partial charge in [-0.3, -0.25) is 0 Å². The van der Waals surface area contributed by atoms with Gasteiger partial charge in [-0.05, 0) is 40.6 Å². The molecule has 22 heavy (non-hydrogen) atoms. The molecule has 0 aliphatic carbocycles. The van der Waals surface area contributed by atoms with E-state index >= 15 is 0 Å². The fourth-order valence-corrected chi connectivity index (χ4v) is 2.48. The Morgan fingerprint density at radius 2 is 2.41 bits per heavy atom. The number of carbonyl (C=O) groups excluding carboxylic acids is 1. The summed E-state index contributed by atoms with van der Waals surface area (Å²) in [4.78, 5) is 12.1. The molecular weight excluding hydrogens is 308 g/mol. The molecule has 0 unspecified atom stereocenters. The molecule has 1 aliphatic heterocycles. The topological polar surface area (TPSA) is 79.1 Å². The molecule has 0 bridgehead atoms. The zero-order valence-corrected chi connectivity index (χ0v) is 12.8. The molecule has 1 atom stereocenters. The molecule has 1 aromatic heterocycles. The number of aryl methyl sites for hydroxylation is 1. The van der Waals surface area contributed by atoms with Gasteiger partial charge in [0, 0.05) is 18.0 Å². The molecule has 2 aromatic rings. The highest BCUT2D eigenvalue weighted by Gasteiger charge is 2.30. The van der Waals surface area contributed by atoms with Gasteiger partial charge in [0.25, 0.3) is 0 Å². The number of tetrazole rings is 1. The molecule has 0 spiro atoms. The summed E-state index contributed by atoms with van der Waals surface area (Å²) in [7, 11) is 0. The van der Waals surface area contributed by atoms with E-state index in [-0.39, 0.29) is 6.61 Å². The van der Waals surface area contributed by atoms with Gasteiger partial charge in [0.2, 0.25) is 0 Å². The lowest BCUT2D eigenvalue weighted by atomic mass is 10.1. The standard InChI is InChI=1S/C14H15ClN4O3/c1-2-5-19-13(16-17-18-19)8-21-14(20)12-7-9-6-10(15)3-4-11(9)22-12/h3-4,6,12H,2,5,7-8H2,1H3/t12-/m1/s1. The zero-order valence-electron chi connectivity index (χ0n) is 12.0. The summed E-state index contributed by atoms with van der Waals surface area (Å²) in [6.45, 7) is 2.73. The first-order valence-electron chi connectivity index (χ1n) is 7.04. The van der Waals surface area contributed by atoms with Crippen LogP contribution in [0.25, 0.3) is 0 Å². The quantitative estimate of drug-likeness (QED) is 0.781. The van der Waals surface area contributed by atoms with Crippen LogP contribution in [0.1, 0.15) is 24.7 Å². The third-order valence-corrected chi connectivity index (χ3v) is 3.58. The fraction of sp³-hybridized carbons (Fsp3) is 0.429. The van der Waals surface area contributed by atoms with Crippen LogP contribution in [-0.4, -0.2) is 32.3 Å². The second-order valence-electron chi connectivity index (χ2n) is 4.99. The largest absolute Gasteiger partial charge is 0.478 e. The Balaban J connectivity index is 1.58. The normalized spacial score (nSPS) is 16.2. The number of nitrogens with zero attached hydrogens (tertiary/aromatic N) is 4. The van der Waals surface area contributed by atoms with Crippen molar-refractivity contribution >= 4 is 17.6 Å². The van der Waals surface area contributed by atoms with Gasteiger partial charge >= 0.3 is 5.97 Å². The van der Waals surface area contributed by atoms with E-state index in [4.69, 9.17) is 21.1 Å². The van der Waals surface area contributed by atoms with E-state index in [1.165, 1.54) is 0 Å². The van der Waals surface area contributed by atoms with Crippen molar-refractivity contribution in [2.45, 2.75) is 39.0 Å². The third-order valence-electron chi connectivity index (χ3n) is 3.34. The van der Waals surface area contributed by atoms with Crippen molar-refractivity contribution in [2.24, 2.45) is 0 Å². The van der Waals surface area contributed by atoms with Crippen LogP contribution >= 0.6 is 11.6 Å². The summed E-state index contributed by atoms with van der Waals surface area (Å²) in [5.74, 6) is 0.759. The number of ether oxygens (including phenoxy) is 2. The average Bonchev–Trinajstić information content (AvgIpc) is 3.11. The number of esters is 1. The predicted octanol–water partition coefficient (Wildman–Crippen LogP) is 1.78. The van der Waals surface area contributed by atoms with Crippen LogP contribution in [0.5, 0.6) is 5.75 Å². The van der Waals surface area contributed by atoms with Gasteiger partial charge in [-0.25, -0.2) is 9.48 Å². The van der Waals surface area contributed by atoms with Gasteiger partial charge in [0.1, 0.15) is 5.75 Å². The highest BCUT2D eigenvalue weighted by atomic mass is 35.5. The molecule has 0 fully saturated rings. The first-order valence-corrected chi connectivity index (χ1v) is 7.42. The first-order chi connectivity index (χ1) is 10.7. The fourth-order valence-electron chi connectivity index (χ4n) is 2.29. The van der Waals surface area contributed by atoms with E-state index in [9.17, 15) is 4.79 Å². The highest BCUT2D eigenvalue weighted by Crippen LogP contribution is 2.31. The van der Waals surface area contributed by atoms with Crippen LogP contribution in [0.3, 0.4) is 0 Å². The lowest BCUT2D eigenvalue weighted by Gasteiger charge is -2.10. The Kier molecular flexibility index (Phi) is 4.24. The molecular formula is C14H15ClN4O3. The summed E-state index contributed by atoms with van der Waals surface area (Å²) >= 11 is 5.93. The van der Waals surface area contributed by atoms with Gasteiger partial charge in [0.15, 0.2) is 18.5 Å². The summed E-state index contributed by atoms with van der Waals surface area (Å²) in [6.07, 6.45) is 0.701. The molecule has 0 N–H and O–H groups in total. The minimum atomic E-state index is -0.649. The molecule has 116 valence electrons. The van der Waals surface area contributed by atoms with Gasteiger partial charge in [-0.2, -0.15) is 0 Å². The maximum Gasteiger partial charge on any atom is 0.348 e. The minimum Gasteiger partial charge on any atom is -0.478 e. The number of aromatic nitrogens is 4. The summed E-state index contributed by atoms with van der Waals surface area (Å²) < 4.78 is 12.5. The molecule has 7 nitrogen and oxygen atoms in total. The maximum atomic E-state index is 12.1. The molecule has 0 saturated heterocycles. The van der Waals surface area contributed by atoms with E-state index in [0.29, 0.717) is 29.6 Å². The van der Waals surface area contributed by atoms with E-state index < -0.39 is 12.1 Å². The SMILES string of the molecule is CCCn1nnnc1COC(=O)[C@H]1Cc2cc(Cl)ccc2O1. The number of benzene rings is 1. The second kappa shape index (κ2) is 6.31. The van der Waals surface area contributed by atoms with Crippen molar-refractivity contribution in [3.8, 4) is 5.75 Å². The molecule has 0 saturated carbocycles. The molecule has 2 heterocycles. The number of hydrogen-bond donors (Lipinski definition) is 0. The number of rotatable bonds is 5. The maximum absolute atomic E-state index is 12.1. The van der Waals surface area contributed by atoms with E-state index in [1.807, 2.05) is 6.92 Å². The monoisotopic (exact) mass is 322 g/mol. The van der Waals surface area contributed by atoms with E-state index in [0.717, 1.165) is 12.0 Å². The molecule has 3 rings (SSSR count). The van der Waals surface area contributed by atoms with Crippen LogP contribution in [0.4, 0.5) is 0 Å². The average molecular weight is 323 g/mol. The molecule has 0 radical (unpaired) electrons. The lowest BCUT2D eigenvalue weighted by Crippen LogP contribution is -2.27. The Morgan fingerprint density at radius 3 is 3.23 bits per heavy atom. The second-order valence-corrected chi connectivity index (χ2v) is 5.43. The molecule has 8 heteroatoms. The third kappa shape index (κ3) is 3.04. The van der Waals surface area contributed by atoms with Crippen molar-refractivity contribution < 1.29 is 14.3 Å². The van der Waals surface area contributed by atoms with E-state index in [2.05, 4.69) is 15.5 Å². The molecule has 1 aromatic carbocycles. The van der Waals surface area contributed by atoms with Crippen molar-refractivity contribution in [2.75, 3.05) is 0 Å². The lowest BCUT2D eigenvalue weighted by molar-refractivity contribution is -0.152. The predicted molar refractivity (Wildman–Crippen MR) is 77.5 cm³/mol. The summed E-state index contributed by atoms with van der Waals surface area (Å²) in [5, 5.41) is 11.9. The number of halogens is 1. The smallest absolute Gasteiger partial charge is 0.348 e. The van der Waals surface area contributed by atoms with Crippen molar-refractivity contribution in [3.63, 3.8) is 0 Å². The van der Waals surface area contributed by atoms with Crippen LogP contribution in [0.15, 0.2) is 18.2 Å². The Labute approximate surface area is 132 Å².